The molecule has 0 unspecified atom stereocenters. The molecule has 0 heterocycles. The summed E-state index contributed by atoms with van der Waals surface area (Å²) in [7, 11) is 1.58. The first-order chi connectivity index (χ1) is 28.2. The summed E-state index contributed by atoms with van der Waals surface area (Å²) in [4.78, 5) is 21.2. The molecule has 0 saturated heterocycles. The molecule has 3 aliphatic carbocycles. The molecule has 2 aromatic carbocycles. The Hall–Kier alpha value is -3.68. The van der Waals surface area contributed by atoms with Crippen LogP contribution in [-0.2, 0) is 39.6 Å². The maximum absolute atomic E-state index is 11.5. The van der Waals surface area contributed by atoms with Crippen LogP contribution >= 0.6 is 0 Å². The van der Waals surface area contributed by atoms with Crippen molar-refractivity contribution in [1.82, 2.24) is 0 Å². The quantitative estimate of drug-likeness (QED) is 0.0629. The average molecular weight is 821 g/mol. The van der Waals surface area contributed by atoms with E-state index in [9.17, 15) is 25.3 Å². The number of aliphatic hydroxyl groups excluding tert-OH is 1. The molecule has 17 nitrogen and oxygen atoms in total. The van der Waals surface area contributed by atoms with Gasteiger partial charge in [0.1, 0.15) is 25.6 Å². The standard InChI is InChI=1S/C41H60N2O15/c1-41-10-9-33-32-6-4-31(27-30(32)3-5-34(33)35(41)7-8-40(41)44)56-24-21-53-19-16-51-14-15-52-17-20-55-23-26-58-39-29-37(43(47)48)36(42(45)46)28-38(39)57-25-22-54-18-13-50-12-11-49-2/h4,6,27-29,33-35,40,44H,3,5,7-26H2,1-2H3/t33-,34-,35+,40+,41+/m1/s1. The number of ether oxygens (including phenoxy) is 10. The summed E-state index contributed by atoms with van der Waals surface area (Å²) < 4.78 is 55.2. The molecule has 2 aromatic rings. The number of nitro groups is 2. The second-order valence-electron chi connectivity index (χ2n) is 14.9. The van der Waals surface area contributed by atoms with Gasteiger partial charge >= 0.3 is 11.4 Å². The van der Waals surface area contributed by atoms with Gasteiger partial charge < -0.3 is 52.5 Å². The minimum absolute atomic E-state index is 0.00981. The van der Waals surface area contributed by atoms with E-state index in [4.69, 9.17) is 47.4 Å². The van der Waals surface area contributed by atoms with Gasteiger partial charge in [-0.05, 0) is 85.0 Å². The van der Waals surface area contributed by atoms with Crippen molar-refractivity contribution in [3.8, 4) is 17.2 Å². The fourth-order valence-electron chi connectivity index (χ4n) is 8.54. The Balaban J connectivity index is 0.871. The maximum atomic E-state index is 11.5. The van der Waals surface area contributed by atoms with Gasteiger partial charge in [0.15, 0.2) is 11.5 Å². The van der Waals surface area contributed by atoms with Crippen molar-refractivity contribution in [1.29, 1.82) is 0 Å². The van der Waals surface area contributed by atoms with E-state index in [2.05, 4.69) is 25.1 Å². The van der Waals surface area contributed by atoms with Crippen molar-refractivity contribution in [2.45, 2.75) is 57.5 Å². The third-order valence-corrected chi connectivity index (χ3v) is 11.5. The fraction of sp³-hybridized carbons (Fsp3) is 0.707. The number of hydrogen-bond acceptors (Lipinski definition) is 15. The zero-order chi connectivity index (χ0) is 41.2. The lowest BCUT2D eigenvalue weighted by Crippen LogP contribution is -2.43. The predicted octanol–water partition coefficient (Wildman–Crippen LogP) is 5.30. The zero-order valence-corrected chi connectivity index (χ0v) is 33.8. The van der Waals surface area contributed by atoms with Crippen molar-refractivity contribution in [3.05, 3.63) is 61.7 Å². The second kappa shape index (κ2) is 23.8. The van der Waals surface area contributed by atoms with E-state index in [0.717, 1.165) is 50.0 Å². The predicted molar refractivity (Wildman–Crippen MR) is 210 cm³/mol. The van der Waals surface area contributed by atoms with E-state index < -0.39 is 21.2 Å². The molecule has 5 atom stereocenters. The summed E-state index contributed by atoms with van der Waals surface area (Å²) in [5.41, 5.74) is 1.55. The summed E-state index contributed by atoms with van der Waals surface area (Å²) >= 11 is 0. The Labute approximate surface area is 339 Å². The number of benzene rings is 2. The van der Waals surface area contributed by atoms with Gasteiger partial charge in [0, 0.05) is 7.11 Å². The lowest BCUT2D eigenvalue weighted by molar-refractivity contribution is -0.422. The molecule has 324 valence electrons. The SMILES string of the molecule is COCCOCCOCCOc1cc([N+](=O)[O-])c([N+](=O)[O-])cc1OCCOCCOCCOCCOCCOc1ccc2c(c1)CC[C@@H]1[C@@H]2CC[C@]2(C)[C@@H](O)CC[C@@H]12. The van der Waals surface area contributed by atoms with Crippen molar-refractivity contribution >= 4 is 11.4 Å². The molecule has 5 rings (SSSR count). The van der Waals surface area contributed by atoms with Crippen molar-refractivity contribution in [2.75, 3.05) is 113 Å². The monoisotopic (exact) mass is 820 g/mol. The molecule has 0 aliphatic heterocycles. The lowest BCUT2D eigenvalue weighted by atomic mass is 9.55. The molecule has 1 N–H and O–H groups in total. The van der Waals surface area contributed by atoms with E-state index in [1.165, 1.54) is 17.5 Å². The van der Waals surface area contributed by atoms with Crippen LogP contribution in [0.2, 0.25) is 0 Å². The highest BCUT2D eigenvalue weighted by Crippen LogP contribution is 2.61. The van der Waals surface area contributed by atoms with Crippen LogP contribution in [0.25, 0.3) is 0 Å². The van der Waals surface area contributed by atoms with Crippen LogP contribution < -0.4 is 14.2 Å². The van der Waals surface area contributed by atoms with E-state index in [1.54, 1.807) is 7.11 Å². The first-order valence-corrected chi connectivity index (χ1v) is 20.3. The van der Waals surface area contributed by atoms with E-state index in [1.807, 2.05) is 0 Å². The van der Waals surface area contributed by atoms with E-state index >= 15 is 0 Å². The number of rotatable bonds is 29. The lowest BCUT2D eigenvalue weighted by Gasteiger charge is -2.50. The highest BCUT2D eigenvalue weighted by molar-refractivity contribution is 5.62. The molecule has 0 aromatic heterocycles. The highest BCUT2D eigenvalue weighted by atomic mass is 16.6. The minimum atomic E-state index is -0.848. The Bertz CT molecular complexity index is 1580. The summed E-state index contributed by atoms with van der Waals surface area (Å²) in [5, 5.41) is 33.6. The molecule has 2 fully saturated rings. The molecule has 0 bridgehead atoms. The molecule has 0 radical (unpaired) electrons. The van der Waals surface area contributed by atoms with Crippen LogP contribution in [0.3, 0.4) is 0 Å². The van der Waals surface area contributed by atoms with Crippen molar-refractivity contribution in [3.63, 3.8) is 0 Å². The van der Waals surface area contributed by atoms with Crippen molar-refractivity contribution < 1.29 is 62.3 Å². The maximum Gasteiger partial charge on any atom is 0.350 e. The van der Waals surface area contributed by atoms with Gasteiger partial charge in [-0.2, -0.15) is 0 Å². The van der Waals surface area contributed by atoms with Crippen LogP contribution in [0.5, 0.6) is 17.2 Å². The molecule has 2 saturated carbocycles. The Kier molecular flexibility index (Phi) is 18.6. The number of fused-ring (bicyclic) bond motifs is 5. The zero-order valence-electron chi connectivity index (χ0n) is 33.8. The first kappa shape index (κ1) is 45.4. The highest BCUT2D eigenvalue weighted by Gasteiger charge is 2.54. The van der Waals surface area contributed by atoms with Gasteiger partial charge in [0.2, 0.25) is 0 Å². The number of hydrogen-bond donors (Lipinski definition) is 1. The van der Waals surface area contributed by atoms with E-state index in [-0.39, 0.29) is 56.1 Å². The van der Waals surface area contributed by atoms with Crippen LogP contribution in [0.1, 0.15) is 56.1 Å². The van der Waals surface area contributed by atoms with Crippen molar-refractivity contribution in [2.24, 2.45) is 17.3 Å². The van der Waals surface area contributed by atoms with Crippen LogP contribution in [0.4, 0.5) is 11.4 Å². The van der Waals surface area contributed by atoms with Gasteiger partial charge in [-0.25, -0.2) is 0 Å². The molecule has 0 amide bonds. The summed E-state index contributed by atoms with van der Waals surface area (Å²) in [6.07, 6.45) is 6.50. The normalized spacial score (nSPS) is 22.2. The van der Waals surface area contributed by atoms with Crippen LogP contribution in [0.15, 0.2) is 30.3 Å². The molecule has 58 heavy (non-hydrogen) atoms. The molecule has 3 aliphatic rings. The Morgan fingerprint density at radius 3 is 1.62 bits per heavy atom. The summed E-state index contributed by atoms with van der Waals surface area (Å²) in [6.45, 7) is 7.39. The third-order valence-electron chi connectivity index (χ3n) is 11.5. The van der Waals surface area contributed by atoms with Crippen LogP contribution in [-0.4, -0.2) is 134 Å². The first-order valence-electron chi connectivity index (χ1n) is 20.3. The second-order valence-corrected chi connectivity index (χ2v) is 14.9. The van der Waals surface area contributed by atoms with Gasteiger partial charge in [0.05, 0.1) is 114 Å². The molecule has 17 heteroatoms. The summed E-state index contributed by atoms with van der Waals surface area (Å²) in [6, 6.07) is 8.51. The summed E-state index contributed by atoms with van der Waals surface area (Å²) in [5.74, 6) is 2.73. The van der Waals surface area contributed by atoms with Gasteiger partial charge in [-0.15, -0.1) is 0 Å². The number of nitro benzene ring substituents is 2. The largest absolute Gasteiger partial charge is 0.491 e. The number of nitrogens with zero attached hydrogens (tertiary/aromatic N) is 2. The third kappa shape index (κ3) is 12.9. The minimum Gasteiger partial charge on any atom is -0.491 e. The Morgan fingerprint density at radius 1 is 0.638 bits per heavy atom. The van der Waals surface area contributed by atoms with Gasteiger partial charge in [-0.3, -0.25) is 20.2 Å². The molecular weight excluding hydrogens is 760 g/mol. The molecular formula is C41H60N2O15. The number of aliphatic hydroxyl groups is 1. The Morgan fingerprint density at radius 2 is 1.12 bits per heavy atom. The van der Waals surface area contributed by atoms with Gasteiger partial charge in [-0.1, -0.05) is 13.0 Å². The van der Waals surface area contributed by atoms with Crippen LogP contribution in [0, 0.1) is 37.5 Å². The van der Waals surface area contributed by atoms with E-state index in [0.29, 0.717) is 90.4 Å². The van der Waals surface area contributed by atoms with Gasteiger partial charge in [0.25, 0.3) is 0 Å². The number of methoxy groups -OCH3 is 1. The number of aryl methyl sites for hydroxylation is 1. The molecule has 0 spiro atoms. The average Bonchev–Trinajstić information content (AvgIpc) is 3.53. The fourth-order valence-corrected chi connectivity index (χ4v) is 8.54. The smallest absolute Gasteiger partial charge is 0.350 e. The topological polar surface area (TPSA) is 199 Å².